The molecule has 5 nitrogen and oxygen atoms in total. The molecule has 0 unspecified atom stereocenters. The van der Waals surface area contributed by atoms with E-state index in [1.54, 1.807) is 11.3 Å². The van der Waals surface area contributed by atoms with E-state index in [1.807, 2.05) is 59.5 Å². The minimum absolute atomic E-state index is 0.0742. The van der Waals surface area contributed by atoms with E-state index in [-0.39, 0.29) is 5.91 Å². The number of hydrogen-bond acceptors (Lipinski definition) is 4. The van der Waals surface area contributed by atoms with Crippen LogP contribution in [0.5, 0.6) is 0 Å². The minimum Gasteiger partial charge on any atom is -0.351 e. The molecule has 2 aromatic heterocycles. The summed E-state index contributed by atoms with van der Waals surface area (Å²) in [7, 11) is 0. The minimum atomic E-state index is 0.0742. The van der Waals surface area contributed by atoms with Gasteiger partial charge in [-0.25, -0.2) is 4.98 Å². The predicted molar refractivity (Wildman–Crippen MR) is 122 cm³/mol. The molecule has 0 atom stereocenters. The van der Waals surface area contributed by atoms with Crippen LogP contribution in [0.2, 0.25) is 5.02 Å². The maximum Gasteiger partial charge on any atom is 0.270 e. The second-order valence-electron chi connectivity index (χ2n) is 7.47. The number of para-hydroxylation sites is 1. The molecule has 0 spiro atoms. The summed E-state index contributed by atoms with van der Waals surface area (Å²) in [6, 6.07) is 17.7. The highest BCUT2D eigenvalue weighted by molar-refractivity contribution is 7.09. The van der Waals surface area contributed by atoms with Crippen LogP contribution < -0.4 is 0 Å². The van der Waals surface area contributed by atoms with Gasteiger partial charge in [-0.1, -0.05) is 41.9 Å². The van der Waals surface area contributed by atoms with Gasteiger partial charge >= 0.3 is 0 Å². The van der Waals surface area contributed by atoms with Crippen molar-refractivity contribution in [2.45, 2.75) is 6.54 Å². The van der Waals surface area contributed by atoms with Gasteiger partial charge in [0, 0.05) is 53.0 Å². The quantitative estimate of drug-likeness (QED) is 0.495. The third-order valence-electron chi connectivity index (χ3n) is 5.47. The Hall–Kier alpha value is -2.67. The highest BCUT2D eigenvalue weighted by Crippen LogP contribution is 2.24. The number of carbonyl (C=O) groups excluding carboxylic acids is 1. The molecule has 5 rings (SSSR count). The summed E-state index contributed by atoms with van der Waals surface area (Å²) >= 11 is 7.65. The molecule has 1 saturated heterocycles. The van der Waals surface area contributed by atoms with Crippen molar-refractivity contribution in [2.24, 2.45) is 0 Å². The number of benzene rings is 2. The summed E-state index contributed by atoms with van der Waals surface area (Å²) in [4.78, 5) is 25.2. The first-order chi connectivity index (χ1) is 14.7. The van der Waals surface area contributed by atoms with Crippen LogP contribution in [0.4, 0.5) is 0 Å². The molecule has 1 aliphatic heterocycles. The van der Waals surface area contributed by atoms with E-state index in [0.717, 1.165) is 64.9 Å². The zero-order valence-corrected chi connectivity index (χ0v) is 17.9. The van der Waals surface area contributed by atoms with Crippen molar-refractivity contribution >= 4 is 39.7 Å². The van der Waals surface area contributed by atoms with Gasteiger partial charge in [-0.05, 0) is 24.3 Å². The van der Waals surface area contributed by atoms with Crippen LogP contribution in [0.1, 0.15) is 15.5 Å². The van der Waals surface area contributed by atoms with E-state index in [4.69, 9.17) is 16.6 Å². The van der Waals surface area contributed by atoms with Gasteiger partial charge in [-0.3, -0.25) is 9.69 Å². The monoisotopic (exact) mass is 436 g/mol. The van der Waals surface area contributed by atoms with Crippen molar-refractivity contribution in [2.75, 3.05) is 26.2 Å². The molecule has 2 aromatic carbocycles. The van der Waals surface area contributed by atoms with Crippen molar-refractivity contribution in [3.05, 3.63) is 75.7 Å². The van der Waals surface area contributed by atoms with Crippen LogP contribution in [0.3, 0.4) is 0 Å². The van der Waals surface area contributed by atoms with Crippen molar-refractivity contribution in [1.29, 1.82) is 0 Å². The smallest absolute Gasteiger partial charge is 0.270 e. The second-order valence-corrected chi connectivity index (χ2v) is 8.85. The molecule has 30 heavy (non-hydrogen) atoms. The molecule has 3 heterocycles. The molecule has 1 fully saturated rings. The van der Waals surface area contributed by atoms with Crippen LogP contribution in [0.25, 0.3) is 22.2 Å². The molecule has 1 aliphatic rings. The zero-order valence-electron chi connectivity index (χ0n) is 16.3. The lowest BCUT2D eigenvalue weighted by Gasteiger charge is -2.34. The van der Waals surface area contributed by atoms with Gasteiger partial charge in [0.2, 0.25) is 0 Å². The Labute approximate surface area is 183 Å². The third-order valence-corrected chi connectivity index (χ3v) is 6.56. The first-order valence-corrected chi connectivity index (χ1v) is 11.2. The van der Waals surface area contributed by atoms with E-state index in [2.05, 4.69) is 15.3 Å². The largest absolute Gasteiger partial charge is 0.351 e. The number of H-pyrrole nitrogens is 1. The van der Waals surface area contributed by atoms with Crippen LogP contribution in [0, 0.1) is 0 Å². The molecule has 0 aliphatic carbocycles. The molecule has 0 bridgehead atoms. The van der Waals surface area contributed by atoms with E-state index in [0.29, 0.717) is 5.69 Å². The molecule has 152 valence electrons. The summed E-state index contributed by atoms with van der Waals surface area (Å²) in [5, 5.41) is 4.98. The van der Waals surface area contributed by atoms with Gasteiger partial charge in [0.1, 0.15) is 10.7 Å². The van der Waals surface area contributed by atoms with Crippen molar-refractivity contribution in [1.82, 2.24) is 19.8 Å². The number of fused-ring (bicyclic) bond motifs is 1. The Bertz CT molecular complexity index is 1140. The first kappa shape index (κ1) is 19.3. The molecular formula is C23H21ClN4OS. The fourth-order valence-corrected chi connectivity index (χ4v) is 4.77. The number of aromatic nitrogens is 2. The fraction of sp³-hybridized carbons (Fsp3) is 0.217. The van der Waals surface area contributed by atoms with Gasteiger partial charge < -0.3 is 9.88 Å². The number of hydrogen-bond donors (Lipinski definition) is 1. The number of nitrogens with one attached hydrogen (secondary N) is 1. The van der Waals surface area contributed by atoms with Gasteiger partial charge in [-0.15, -0.1) is 11.3 Å². The number of piperazine rings is 1. The van der Waals surface area contributed by atoms with E-state index >= 15 is 0 Å². The highest BCUT2D eigenvalue weighted by atomic mass is 35.5. The number of thiazole rings is 1. The number of halogens is 1. The summed E-state index contributed by atoms with van der Waals surface area (Å²) < 4.78 is 0. The Kier molecular flexibility index (Phi) is 5.29. The van der Waals surface area contributed by atoms with Gasteiger partial charge in [-0.2, -0.15) is 0 Å². The van der Waals surface area contributed by atoms with Gasteiger partial charge in [0.05, 0.1) is 12.2 Å². The maximum atomic E-state index is 12.9. The summed E-state index contributed by atoms with van der Waals surface area (Å²) in [6.07, 6.45) is 0. The zero-order chi connectivity index (χ0) is 20.5. The topological polar surface area (TPSA) is 52.2 Å². The standard InChI is InChI=1S/C23H21ClN4OS/c24-18-7-5-16(6-8-18)21-15-30-22(26-21)14-27-9-11-28(12-10-27)23(29)20-13-17-3-1-2-4-19(17)25-20/h1-8,13,15,25H,9-12,14H2. The van der Waals surface area contributed by atoms with E-state index < -0.39 is 0 Å². The number of carbonyl (C=O) groups is 1. The second kappa shape index (κ2) is 8.22. The molecule has 1 N–H and O–H groups in total. The lowest BCUT2D eigenvalue weighted by molar-refractivity contribution is 0.0623. The average molecular weight is 437 g/mol. The highest BCUT2D eigenvalue weighted by Gasteiger charge is 2.24. The number of aromatic amines is 1. The number of amides is 1. The Morgan fingerprint density at radius 1 is 1.07 bits per heavy atom. The predicted octanol–water partition coefficient (Wildman–Crippen LogP) is 4.90. The number of rotatable bonds is 4. The lowest BCUT2D eigenvalue weighted by atomic mass is 10.2. The maximum absolute atomic E-state index is 12.9. The molecular weight excluding hydrogens is 416 g/mol. The normalized spacial score (nSPS) is 15.0. The van der Waals surface area contributed by atoms with Gasteiger partial charge in [0.15, 0.2) is 0 Å². The van der Waals surface area contributed by atoms with E-state index in [9.17, 15) is 4.79 Å². The van der Waals surface area contributed by atoms with Crippen LogP contribution in [0.15, 0.2) is 60.0 Å². The van der Waals surface area contributed by atoms with Crippen molar-refractivity contribution < 1.29 is 4.79 Å². The Morgan fingerprint density at radius 2 is 1.83 bits per heavy atom. The van der Waals surface area contributed by atoms with E-state index in [1.165, 1.54) is 0 Å². The molecule has 1 amide bonds. The first-order valence-electron chi connectivity index (χ1n) is 9.95. The third kappa shape index (κ3) is 3.99. The summed E-state index contributed by atoms with van der Waals surface area (Å²) in [5.41, 5.74) is 3.73. The molecule has 0 radical (unpaired) electrons. The average Bonchev–Trinajstić information content (AvgIpc) is 3.41. The molecule has 4 aromatic rings. The summed E-state index contributed by atoms with van der Waals surface area (Å²) in [6.45, 7) is 3.96. The molecule has 7 heteroatoms. The fourth-order valence-electron chi connectivity index (χ4n) is 3.80. The Morgan fingerprint density at radius 3 is 2.60 bits per heavy atom. The van der Waals surface area contributed by atoms with Crippen LogP contribution >= 0.6 is 22.9 Å². The van der Waals surface area contributed by atoms with Crippen molar-refractivity contribution in [3.8, 4) is 11.3 Å². The molecule has 0 saturated carbocycles. The number of nitrogens with zero attached hydrogens (tertiary/aromatic N) is 3. The van der Waals surface area contributed by atoms with Crippen molar-refractivity contribution in [3.63, 3.8) is 0 Å². The SMILES string of the molecule is O=C(c1cc2ccccc2[nH]1)N1CCN(Cc2nc(-c3ccc(Cl)cc3)cs2)CC1. The van der Waals surface area contributed by atoms with Crippen LogP contribution in [-0.4, -0.2) is 51.9 Å². The summed E-state index contributed by atoms with van der Waals surface area (Å²) in [5.74, 6) is 0.0742. The lowest BCUT2D eigenvalue weighted by Crippen LogP contribution is -2.48. The Balaban J connectivity index is 1.19. The van der Waals surface area contributed by atoms with Crippen LogP contribution in [-0.2, 0) is 6.54 Å². The van der Waals surface area contributed by atoms with Gasteiger partial charge in [0.25, 0.3) is 5.91 Å².